The summed E-state index contributed by atoms with van der Waals surface area (Å²) in [5, 5.41) is 9.29. The predicted molar refractivity (Wildman–Crippen MR) is 78.2 cm³/mol. The summed E-state index contributed by atoms with van der Waals surface area (Å²) in [6, 6.07) is 2.90. The SMILES string of the molecule is CCOC(=O)c1ccc(C(=O)O)c2c1C1=CC=CCC1=N2. The van der Waals surface area contributed by atoms with E-state index in [1.807, 2.05) is 18.2 Å². The smallest absolute Gasteiger partial charge is 0.338 e. The molecule has 0 bridgehead atoms. The lowest BCUT2D eigenvalue weighted by Crippen LogP contribution is -2.10. The van der Waals surface area contributed by atoms with Crippen LogP contribution in [0.3, 0.4) is 0 Å². The van der Waals surface area contributed by atoms with E-state index in [1.54, 1.807) is 6.92 Å². The first-order valence-corrected chi connectivity index (χ1v) is 6.66. The molecule has 0 unspecified atom stereocenters. The number of carboxylic acid groups (broad SMARTS) is 1. The van der Waals surface area contributed by atoms with E-state index < -0.39 is 11.9 Å². The number of hydrogen-bond acceptors (Lipinski definition) is 4. The Balaban J connectivity index is 2.23. The quantitative estimate of drug-likeness (QED) is 0.865. The molecule has 1 aromatic carbocycles. The van der Waals surface area contributed by atoms with E-state index in [0.29, 0.717) is 23.2 Å². The van der Waals surface area contributed by atoms with Crippen LogP contribution in [0.4, 0.5) is 5.69 Å². The number of allylic oxidation sites excluding steroid dienone is 4. The number of aliphatic imine (C=N–C) groups is 1. The van der Waals surface area contributed by atoms with Crippen LogP contribution in [0.25, 0.3) is 5.57 Å². The minimum Gasteiger partial charge on any atom is -0.478 e. The standard InChI is InChI=1S/C16H13NO4/c1-2-21-16(20)10-7-8-11(15(18)19)14-13(10)9-5-3-4-6-12(9)17-14/h3-5,7-8H,2,6H2,1H3,(H,18,19). The van der Waals surface area contributed by atoms with Gasteiger partial charge < -0.3 is 9.84 Å². The predicted octanol–water partition coefficient (Wildman–Crippen LogP) is 2.99. The second-order valence-corrected chi connectivity index (χ2v) is 4.68. The molecular weight excluding hydrogens is 270 g/mol. The average molecular weight is 283 g/mol. The van der Waals surface area contributed by atoms with Gasteiger partial charge in [-0.05, 0) is 19.1 Å². The van der Waals surface area contributed by atoms with E-state index in [9.17, 15) is 14.7 Å². The van der Waals surface area contributed by atoms with Crippen LogP contribution in [0.2, 0.25) is 0 Å². The lowest BCUT2D eigenvalue weighted by molar-refractivity contribution is 0.0525. The van der Waals surface area contributed by atoms with Crippen LogP contribution in [0, 0.1) is 0 Å². The van der Waals surface area contributed by atoms with Gasteiger partial charge in [0.1, 0.15) is 0 Å². The van der Waals surface area contributed by atoms with Gasteiger partial charge in [0.05, 0.1) is 29.1 Å². The zero-order chi connectivity index (χ0) is 15.0. The van der Waals surface area contributed by atoms with Crippen molar-refractivity contribution in [3.63, 3.8) is 0 Å². The molecule has 0 saturated heterocycles. The Morgan fingerprint density at radius 3 is 2.81 bits per heavy atom. The average Bonchev–Trinajstić information content (AvgIpc) is 2.85. The molecule has 3 rings (SSSR count). The Kier molecular flexibility index (Phi) is 3.17. The van der Waals surface area contributed by atoms with Crippen LogP contribution in [0.5, 0.6) is 0 Å². The number of carbonyl (C=O) groups excluding carboxylic acids is 1. The molecule has 0 saturated carbocycles. The number of benzene rings is 1. The van der Waals surface area contributed by atoms with Gasteiger partial charge in [-0.2, -0.15) is 0 Å². The molecular formula is C16H13NO4. The zero-order valence-corrected chi connectivity index (χ0v) is 11.4. The molecule has 1 N–H and O–H groups in total. The Morgan fingerprint density at radius 2 is 2.10 bits per heavy atom. The second-order valence-electron chi connectivity index (χ2n) is 4.68. The van der Waals surface area contributed by atoms with Gasteiger partial charge >= 0.3 is 11.9 Å². The first-order valence-electron chi connectivity index (χ1n) is 6.66. The molecule has 1 aromatic rings. The fraction of sp³-hybridized carbons (Fsp3) is 0.188. The van der Waals surface area contributed by atoms with Crippen molar-refractivity contribution in [2.45, 2.75) is 13.3 Å². The number of aromatic carboxylic acids is 1. The Hall–Kier alpha value is -2.69. The Bertz CT molecular complexity index is 741. The minimum atomic E-state index is -1.06. The largest absolute Gasteiger partial charge is 0.478 e. The van der Waals surface area contributed by atoms with Crippen molar-refractivity contribution in [1.82, 2.24) is 0 Å². The molecule has 1 aliphatic carbocycles. The van der Waals surface area contributed by atoms with Crippen molar-refractivity contribution in [1.29, 1.82) is 0 Å². The van der Waals surface area contributed by atoms with Crippen molar-refractivity contribution in [3.8, 4) is 0 Å². The molecule has 0 spiro atoms. The first kappa shape index (κ1) is 13.3. The molecule has 106 valence electrons. The van der Waals surface area contributed by atoms with E-state index in [-0.39, 0.29) is 12.2 Å². The molecule has 1 aliphatic heterocycles. The third kappa shape index (κ3) is 2.07. The van der Waals surface area contributed by atoms with E-state index in [1.165, 1.54) is 12.1 Å². The van der Waals surface area contributed by atoms with Crippen molar-refractivity contribution in [2.24, 2.45) is 4.99 Å². The van der Waals surface area contributed by atoms with Crippen molar-refractivity contribution >= 4 is 28.9 Å². The van der Waals surface area contributed by atoms with Crippen LogP contribution in [0.1, 0.15) is 39.6 Å². The summed E-state index contributed by atoms with van der Waals surface area (Å²) in [5.74, 6) is -1.52. The fourth-order valence-electron chi connectivity index (χ4n) is 2.55. The van der Waals surface area contributed by atoms with Gasteiger partial charge in [-0.15, -0.1) is 0 Å². The zero-order valence-electron chi connectivity index (χ0n) is 11.4. The van der Waals surface area contributed by atoms with Gasteiger partial charge in [0.2, 0.25) is 0 Å². The van der Waals surface area contributed by atoms with Crippen molar-refractivity contribution in [2.75, 3.05) is 6.61 Å². The Labute approximate surface area is 121 Å². The Morgan fingerprint density at radius 1 is 1.33 bits per heavy atom. The highest BCUT2D eigenvalue weighted by Crippen LogP contribution is 2.42. The topological polar surface area (TPSA) is 76.0 Å². The van der Waals surface area contributed by atoms with Gasteiger partial charge in [0.15, 0.2) is 0 Å². The summed E-state index contributed by atoms with van der Waals surface area (Å²) in [6.07, 6.45) is 6.30. The lowest BCUT2D eigenvalue weighted by atomic mass is 9.92. The monoisotopic (exact) mass is 283 g/mol. The van der Waals surface area contributed by atoms with E-state index in [0.717, 1.165) is 11.3 Å². The second kappa shape index (κ2) is 5.01. The van der Waals surface area contributed by atoms with Gasteiger partial charge in [0.25, 0.3) is 0 Å². The van der Waals surface area contributed by atoms with Crippen molar-refractivity contribution in [3.05, 3.63) is 47.1 Å². The highest BCUT2D eigenvalue weighted by atomic mass is 16.5. The molecule has 0 atom stereocenters. The van der Waals surface area contributed by atoms with E-state index in [4.69, 9.17) is 4.74 Å². The van der Waals surface area contributed by atoms with Crippen LogP contribution in [0.15, 0.2) is 35.4 Å². The molecule has 0 fully saturated rings. The fourth-order valence-corrected chi connectivity index (χ4v) is 2.55. The number of hydrogen-bond donors (Lipinski definition) is 1. The molecule has 1 heterocycles. The number of ether oxygens (including phenoxy) is 1. The summed E-state index contributed by atoms with van der Waals surface area (Å²) in [7, 11) is 0. The maximum absolute atomic E-state index is 12.1. The lowest BCUT2D eigenvalue weighted by Gasteiger charge is -2.11. The highest BCUT2D eigenvalue weighted by Gasteiger charge is 2.30. The van der Waals surface area contributed by atoms with Crippen molar-refractivity contribution < 1.29 is 19.4 Å². The summed E-state index contributed by atoms with van der Waals surface area (Å²) in [6.45, 7) is 2.00. The van der Waals surface area contributed by atoms with Crippen LogP contribution >= 0.6 is 0 Å². The van der Waals surface area contributed by atoms with Crippen LogP contribution < -0.4 is 0 Å². The minimum absolute atomic E-state index is 0.0980. The summed E-state index contributed by atoms with van der Waals surface area (Å²) in [5.41, 5.74) is 2.95. The molecule has 2 aliphatic rings. The molecule has 5 nitrogen and oxygen atoms in total. The van der Waals surface area contributed by atoms with Gasteiger partial charge in [-0.25, -0.2) is 9.59 Å². The molecule has 21 heavy (non-hydrogen) atoms. The number of carboxylic acids is 1. The maximum atomic E-state index is 12.1. The summed E-state index contributed by atoms with van der Waals surface area (Å²) in [4.78, 5) is 27.9. The van der Waals surface area contributed by atoms with Gasteiger partial charge in [-0.1, -0.05) is 18.2 Å². The number of fused-ring (bicyclic) bond motifs is 3. The first-order chi connectivity index (χ1) is 10.1. The summed E-state index contributed by atoms with van der Waals surface area (Å²) >= 11 is 0. The number of nitrogens with zero attached hydrogens (tertiary/aromatic N) is 1. The van der Waals surface area contributed by atoms with Gasteiger partial charge in [0, 0.05) is 17.6 Å². The summed E-state index contributed by atoms with van der Waals surface area (Å²) < 4.78 is 5.05. The number of esters is 1. The normalized spacial score (nSPS) is 14.9. The van der Waals surface area contributed by atoms with E-state index in [2.05, 4.69) is 4.99 Å². The molecule has 0 aromatic heterocycles. The van der Waals surface area contributed by atoms with E-state index >= 15 is 0 Å². The number of carbonyl (C=O) groups is 2. The molecule has 0 amide bonds. The third-order valence-corrected chi connectivity index (χ3v) is 3.44. The van der Waals surface area contributed by atoms with Crippen LogP contribution in [-0.4, -0.2) is 29.4 Å². The third-order valence-electron chi connectivity index (χ3n) is 3.44. The molecule has 0 radical (unpaired) electrons. The number of rotatable bonds is 3. The maximum Gasteiger partial charge on any atom is 0.338 e. The van der Waals surface area contributed by atoms with Gasteiger partial charge in [-0.3, -0.25) is 4.99 Å². The highest BCUT2D eigenvalue weighted by molar-refractivity contribution is 6.32. The molecule has 5 heteroatoms. The van der Waals surface area contributed by atoms with Crippen LogP contribution in [-0.2, 0) is 4.74 Å².